The number of nitrogens with zero attached hydrogens (tertiary/aromatic N) is 1. The van der Waals surface area contributed by atoms with Crippen LogP contribution in [0.1, 0.15) is 21.7 Å². The van der Waals surface area contributed by atoms with Crippen molar-refractivity contribution in [2.45, 2.75) is 13.3 Å². The average Bonchev–Trinajstić information content (AvgIpc) is 3.30. The molecule has 0 fully saturated rings. The number of H-pyrrole nitrogens is 1. The zero-order chi connectivity index (χ0) is 19.5. The molecule has 2 aromatic carbocycles. The van der Waals surface area contributed by atoms with Crippen molar-refractivity contribution in [1.29, 1.82) is 0 Å². The molecular formula is C22H18N4OS. The zero-order valence-electron chi connectivity index (χ0n) is 15.2. The van der Waals surface area contributed by atoms with Gasteiger partial charge in [0, 0.05) is 27.2 Å². The standard InChI is InChI=1S/C22H18N4OS/c1-14-10-21-18(13-20(14)24-22(27)12-17-6-3-9-28-17)19(25-26-21)8-7-15-4-2-5-16(23)11-15/h2-6,9-11,13H,12,23H2,1H3,(H,24,27)(H,25,26). The van der Waals surface area contributed by atoms with Crippen molar-refractivity contribution in [3.63, 3.8) is 0 Å². The number of nitrogens with one attached hydrogen (secondary N) is 2. The Morgan fingerprint density at radius 3 is 2.89 bits per heavy atom. The van der Waals surface area contributed by atoms with Gasteiger partial charge in [0.15, 0.2) is 0 Å². The fourth-order valence-electron chi connectivity index (χ4n) is 2.91. The molecule has 1 amide bonds. The highest BCUT2D eigenvalue weighted by molar-refractivity contribution is 7.10. The number of fused-ring (bicyclic) bond motifs is 1. The van der Waals surface area contributed by atoms with Crippen molar-refractivity contribution in [2.75, 3.05) is 11.1 Å². The number of hydrogen-bond donors (Lipinski definition) is 3. The number of rotatable bonds is 3. The number of carbonyl (C=O) groups is 1. The fourth-order valence-corrected chi connectivity index (χ4v) is 3.61. The lowest BCUT2D eigenvalue weighted by Crippen LogP contribution is -2.14. The number of anilines is 2. The van der Waals surface area contributed by atoms with Gasteiger partial charge in [0.2, 0.25) is 5.91 Å². The van der Waals surface area contributed by atoms with E-state index in [1.54, 1.807) is 11.3 Å². The van der Waals surface area contributed by atoms with Crippen LogP contribution >= 0.6 is 11.3 Å². The summed E-state index contributed by atoms with van der Waals surface area (Å²) in [6.07, 6.45) is 0.364. The fraction of sp³-hybridized carbons (Fsp3) is 0.0909. The van der Waals surface area contributed by atoms with Crippen LogP contribution < -0.4 is 11.1 Å². The molecule has 0 aliphatic heterocycles. The second kappa shape index (κ2) is 7.59. The molecule has 0 spiro atoms. The Hall–Kier alpha value is -3.56. The maximum absolute atomic E-state index is 12.4. The Morgan fingerprint density at radius 2 is 2.11 bits per heavy atom. The highest BCUT2D eigenvalue weighted by atomic mass is 32.1. The van der Waals surface area contributed by atoms with Gasteiger partial charge in [-0.3, -0.25) is 9.89 Å². The molecule has 0 atom stereocenters. The van der Waals surface area contributed by atoms with E-state index in [1.807, 2.05) is 60.8 Å². The van der Waals surface area contributed by atoms with E-state index < -0.39 is 0 Å². The smallest absolute Gasteiger partial charge is 0.229 e. The molecule has 6 heteroatoms. The minimum Gasteiger partial charge on any atom is -0.399 e. The van der Waals surface area contributed by atoms with Crippen molar-refractivity contribution in [3.05, 3.63) is 75.6 Å². The second-order valence-electron chi connectivity index (χ2n) is 6.46. The van der Waals surface area contributed by atoms with Gasteiger partial charge in [-0.1, -0.05) is 18.1 Å². The topological polar surface area (TPSA) is 83.8 Å². The van der Waals surface area contributed by atoms with Crippen LogP contribution in [0.25, 0.3) is 10.9 Å². The van der Waals surface area contributed by atoms with Gasteiger partial charge in [-0.05, 0) is 60.2 Å². The van der Waals surface area contributed by atoms with Gasteiger partial charge in [0.05, 0.1) is 11.9 Å². The summed E-state index contributed by atoms with van der Waals surface area (Å²) >= 11 is 1.57. The molecular weight excluding hydrogens is 368 g/mol. The number of carbonyl (C=O) groups excluding carboxylic acids is 1. The first kappa shape index (κ1) is 17.8. The number of aryl methyl sites for hydroxylation is 1. The maximum Gasteiger partial charge on any atom is 0.229 e. The lowest BCUT2D eigenvalue weighted by molar-refractivity contribution is -0.115. The van der Waals surface area contributed by atoms with Gasteiger partial charge in [-0.25, -0.2) is 0 Å². The molecule has 2 heterocycles. The van der Waals surface area contributed by atoms with Crippen LogP contribution in [0.5, 0.6) is 0 Å². The Bertz CT molecular complexity index is 1210. The number of benzene rings is 2. The van der Waals surface area contributed by atoms with E-state index in [1.165, 1.54) is 0 Å². The molecule has 4 rings (SSSR count). The van der Waals surface area contributed by atoms with E-state index in [0.29, 0.717) is 17.8 Å². The van der Waals surface area contributed by atoms with Gasteiger partial charge in [0.25, 0.3) is 0 Å². The zero-order valence-corrected chi connectivity index (χ0v) is 16.1. The number of aromatic nitrogens is 2. The van der Waals surface area contributed by atoms with Gasteiger partial charge in [-0.2, -0.15) is 5.10 Å². The molecule has 0 saturated heterocycles. The molecule has 2 aromatic heterocycles. The minimum atomic E-state index is -0.0409. The van der Waals surface area contributed by atoms with E-state index in [9.17, 15) is 4.79 Å². The Labute approximate surface area is 166 Å². The molecule has 0 aliphatic rings. The summed E-state index contributed by atoms with van der Waals surface area (Å²) < 4.78 is 0. The number of hydrogen-bond acceptors (Lipinski definition) is 4. The first-order chi connectivity index (χ1) is 13.6. The van der Waals surface area contributed by atoms with Gasteiger partial charge in [-0.15, -0.1) is 11.3 Å². The molecule has 4 aromatic rings. The monoisotopic (exact) mass is 386 g/mol. The Balaban J connectivity index is 1.62. The van der Waals surface area contributed by atoms with Crippen molar-refractivity contribution >= 4 is 39.5 Å². The van der Waals surface area contributed by atoms with Crippen LogP contribution in [0.15, 0.2) is 53.9 Å². The van der Waals surface area contributed by atoms with E-state index in [2.05, 4.69) is 27.4 Å². The van der Waals surface area contributed by atoms with E-state index >= 15 is 0 Å². The summed E-state index contributed by atoms with van der Waals surface area (Å²) in [5, 5.41) is 13.1. The summed E-state index contributed by atoms with van der Waals surface area (Å²) in [6, 6.07) is 15.2. The lowest BCUT2D eigenvalue weighted by atomic mass is 10.1. The van der Waals surface area contributed by atoms with E-state index in [0.717, 1.165) is 32.6 Å². The summed E-state index contributed by atoms with van der Waals surface area (Å²) in [7, 11) is 0. The third-order valence-corrected chi connectivity index (χ3v) is 5.18. The predicted molar refractivity (Wildman–Crippen MR) is 114 cm³/mol. The predicted octanol–water partition coefficient (Wildman–Crippen LogP) is 4.10. The number of thiophene rings is 1. The molecule has 4 N–H and O–H groups in total. The van der Waals surface area contributed by atoms with Crippen LogP contribution in [0.4, 0.5) is 11.4 Å². The normalized spacial score (nSPS) is 10.5. The third-order valence-electron chi connectivity index (χ3n) is 4.31. The number of amides is 1. The van der Waals surface area contributed by atoms with Crippen molar-refractivity contribution in [1.82, 2.24) is 10.2 Å². The number of nitrogens with two attached hydrogens (primary N) is 1. The lowest BCUT2D eigenvalue weighted by Gasteiger charge is -2.08. The minimum absolute atomic E-state index is 0.0409. The SMILES string of the molecule is Cc1cc2n[nH]c(C#Cc3cccc(N)c3)c2cc1NC(=O)Cc1cccs1. The number of aromatic amines is 1. The van der Waals surface area contributed by atoms with Crippen LogP contribution in [0, 0.1) is 18.8 Å². The van der Waals surface area contributed by atoms with Crippen LogP contribution in [0.2, 0.25) is 0 Å². The molecule has 0 unspecified atom stereocenters. The second-order valence-corrected chi connectivity index (χ2v) is 7.49. The Kier molecular flexibility index (Phi) is 4.83. The molecule has 0 saturated carbocycles. The third kappa shape index (κ3) is 3.90. The highest BCUT2D eigenvalue weighted by Crippen LogP contribution is 2.25. The van der Waals surface area contributed by atoms with Crippen molar-refractivity contribution < 1.29 is 4.79 Å². The average molecular weight is 386 g/mol. The number of nitrogen functional groups attached to an aromatic ring is 1. The van der Waals surface area contributed by atoms with Crippen molar-refractivity contribution in [2.24, 2.45) is 0 Å². The molecule has 138 valence electrons. The summed E-state index contributed by atoms with van der Waals surface area (Å²) in [5.74, 6) is 6.17. The summed E-state index contributed by atoms with van der Waals surface area (Å²) in [5.41, 5.74) is 10.5. The molecule has 28 heavy (non-hydrogen) atoms. The van der Waals surface area contributed by atoms with Crippen LogP contribution in [-0.2, 0) is 11.2 Å². The summed E-state index contributed by atoms with van der Waals surface area (Å²) in [6.45, 7) is 1.95. The van der Waals surface area contributed by atoms with Gasteiger partial charge in [0.1, 0.15) is 5.69 Å². The van der Waals surface area contributed by atoms with Crippen LogP contribution in [0.3, 0.4) is 0 Å². The largest absolute Gasteiger partial charge is 0.399 e. The molecule has 0 bridgehead atoms. The molecule has 5 nitrogen and oxygen atoms in total. The van der Waals surface area contributed by atoms with E-state index in [4.69, 9.17) is 5.73 Å². The van der Waals surface area contributed by atoms with Crippen LogP contribution in [-0.4, -0.2) is 16.1 Å². The first-order valence-corrected chi connectivity index (χ1v) is 9.65. The van der Waals surface area contributed by atoms with Crippen molar-refractivity contribution in [3.8, 4) is 11.8 Å². The maximum atomic E-state index is 12.4. The van der Waals surface area contributed by atoms with Gasteiger partial charge < -0.3 is 11.1 Å². The quantitative estimate of drug-likeness (QED) is 0.366. The van der Waals surface area contributed by atoms with E-state index in [-0.39, 0.29) is 5.91 Å². The summed E-state index contributed by atoms with van der Waals surface area (Å²) in [4.78, 5) is 13.4. The molecule has 0 radical (unpaired) electrons. The molecule has 0 aliphatic carbocycles. The highest BCUT2D eigenvalue weighted by Gasteiger charge is 2.11. The first-order valence-electron chi connectivity index (χ1n) is 8.77. The Morgan fingerprint density at radius 1 is 1.21 bits per heavy atom. The van der Waals surface area contributed by atoms with Gasteiger partial charge >= 0.3 is 0 Å².